The van der Waals surface area contributed by atoms with Gasteiger partial charge >= 0.3 is 5.97 Å². The molecule has 1 unspecified atom stereocenters. The van der Waals surface area contributed by atoms with Crippen molar-refractivity contribution in [3.63, 3.8) is 0 Å². The number of hydrogen-bond donors (Lipinski definition) is 3. The molecule has 2 amide bonds. The molecular weight excluding hydrogens is 320 g/mol. The van der Waals surface area contributed by atoms with Gasteiger partial charge in [-0.1, -0.05) is 24.3 Å². The van der Waals surface area contributed by atoms with Gasteiger partial charge in [0.05, 0.1) is 12.3 Å². The average molecular weight is 338 g/mol. The molecule has 2 aromatic carbocycles. The summed E-state index contributed by atoms with van der Waals surface area (Å²) in [6.07, 6.45) is 0.620. The molecule has 0 saturated heterocycles. The minimum Gasteiger partial charge on any atom is -0.481 e. The maximum absolute atomic E-state index is 12.3. The van der Waals surface area contributed by atoms with E-state index in [4.69, 9.17) is 5.11 Å². The maximum Gasteiger partial charge on any atom is 0.305 e. The standard InChI is InChI=1S/C19H18N2O4/c22-17(23)9-10-20-18(24)12-5-7-14(8-6-12)21-19(25)16-11-13-3-1-2-4-15(13)16/h1-8,16H,9-11H2,(H,20,24)(H,21,25)(H,22,23). The quantitative estimate of drug-likeness (QED) is 0.752. The van der Waals surface area contributed by atoms with E-state index in [1.807, 2.05) is 24.3 Å². The molecular formula is C19H18N2O4. The zero-order valence-corrected chi connectivity index (χ0v) is 13.5. The first-order chi connectivity index (χ1) is 12.0. The highest BCUT2D eigenvalue weighted by Gasteiger charge is 2.31. The Hall–Kier alpha value is -3.15. The topological polar surface area (TPSA) is 95.5 Å². The molecule has 1 atom stereocenters. The fourth-order valence-electron chi connectivity index (χ4n) is 2.81. The molecule has 1 aliphatic rings. The lowest BCUT2D eigenvalue weighted by molar-refractivity contribution is -0.136. The van der Waals surface area contributed by atoms with Crippen molar-refractivity contribution in [1.29, 1.82) is 0 Å². The third-order valence-corrected chi connectivity index (χ3v) is 4.21. The number of rotatable bonds is 6. The number of amides is 2. The highest BCUT2D eigenvalue weighted by molar-refractivity contribution is 5.99. The van der Waals surface area contributed by atoms with Crippen LogP contribution in [0.3, 0.4) is 0 Å². The summed E-state index contributed by atoms with van der Waals surface area (Å²) in [5.41, 5.74) is 3.30. The van der Waals surface area contributed by atoms with E-state index < -0.39 is 5.97 Å². The Morgan fingerprint density at radius 2 is 1.76 bits per heavy atom. The highest BCUT2D eigenvalue weighted by atomic mass is 16.4. The number of aliphatic carboxylic acids is 1. The van der Waals surface area contributed by atoms with Gasteiger partial charge in [-0.2, -0.15) is 0 Å². The van der Waals surface area contributed by atoms with Crippen LogP contribution >= 0.6 is 0 Å². The number of carbonyl (C=O) groups excluding carboxylic acids is 2. The van der Waals surface area contributed by atoms with Crippen LogP contribution in [0.4, 0.5) is 5.69 Å². The van der Waals surface area contributed by atoms with Gasteiger partial charge in [-0.3, -0.25) is 14.4 Å². The molecule has 128 valence electrons. The van der Waals surface area contributed by atoms with Crippen molar-refractivity contribution < 1.29 is 19.5 Å². The Kier molecular flexibility index (Phi) is 4.79. The lowest BCUT2D eigenvalue weighted by Gasteiger charge is -2.28. The second kappa shape index (κ2) is 7.17. The van der Waals surface area contributed by atoms with Crippen LogP contribution in [-0.4, -0.2) is 29.4 Å². The first kappa shape index (κ1) is 16.7. The molecule has 0 spiro atoms. The molecule has 6 heteroatoms. The minimum atomic E-state index is -0.962. The van der Waals surface area contributed by atoms with Gasteiger partial charge in [-0.05, 0) is 41.8 Å². The van der Waals surface area contributed by atoms with Crippen molar-refractivity contribution in [3.05, 3.63) is 65.2 Å². The molecule has 3 N–H and O–H groups in total. The molecule has 0 heterocycles. The molecule has 0 saturated carbocycles. The largest absolute Gasteiger partial charge is 0.481 e. The minimum absolute atomic E-state index is 0.0580. The summed E-state index contributed by atoms with van der Waals surface area (Å²) in [4.78, 5) is 34.6. The maximum atomic E-state index is 12.3. The molecule has 25 heavy (non-hydrogen) atoms. The van der Waals surface area contributed by atoms with Crippen LogP contribution in [0.25, 0.3) is 0 Å². The van der Waals surface area contributed by atoms with Crippen LogP contribution in [0, 0.1) is 0 Å². The van der Waals surface area contributed by atoms with Gasteiger partial charge in [0.1, 0.15) is 0 Å². The van der Waals surface area contributed by atoms with Crippen LogP contribution in [0.1, 0.15) is 33.8 Å². The van der Waals surface area contributed by atoms with Crippen molar-refractivity contribution >= 4 is 23.5 Å². The zero-order valence-electron chi connectivity index (χ0n) is 13.5. The van der Waals surface area contributed by atoms with E-state index in [2.05, 4.69) is 10.6 Å². The van der Waals surface area contributed by atoms with Crippen molar-refractivity contribution in [2.24, 2.45) is 0 Å². The van der Waals surface area contributed by atoms with Gasteiger partial charge in [0.25, 0.3) is 5.91 Å². The first-order valence-electron chi connectivity index (χ1n) is 8.03. The zero-order chi connectivity index (χ0) is 17.8. The Labute approximate surface area is 144 Å². The van der Waals surface area contributed by atoms with Crippen molar-refractivity contribution in [3.8, 4) is 0 Å². The number of anilines is 1. The van der Waals surface area contributed by atoms with E-state index in [0.29, 0.717) is 11.3 Å². The number of carboxylic acids is 1. The predicted molar refractivity (Wildman–Crippen MR) is 92.5 cm³/mol. The SMILES string of the molecule is O=C(O)CCNC(=O)c1ccc(NC(=O)C2Cc3ccccc32)cc1. The number of fused-ring (bicyclic) bond motifs is 1. The smallest absolute Gasteiger partial charge is 0.305 e. The van der Waals surface area contributed by atoms with Crippen LogP contribution < -0.4 is 10.6 Å². The monoisotopic (exact) mass is 338 g/mol. The van der Waals surface area contributed by atoms with Gasteiger partial charge in [-0.25, -0.2) is 0 Å². The van der Waals surface area contributed by atoms with Gasteiger partial charge in [0.2, 0.25) is 5.91 Å². The van der Waals surface area contributed by atoms with Crippen LogP contribution in [0.5, 0.6) is 0 Å². The summed E-state index contributed by atoms with van der Waals surface area (Å²) >= 11 is 0. The van der Waals surface area contributed by atoms with E-state index >= 15 is 0 Å². The second-order valence-corrected chi connectivity index (χ2v) is 5.92. The third kappa shape index (κ3) is 3.85. The normalized spacial score (nSPS) is 14.8. The molecule has 0 bridgehead atoms. The first-order valence-corrected chi connectivity index (χ1v) is 8.03. The van der Waals surface area contributed by atoms with Gasteiger partial charge in [0, 0.05) is 17.8 Å². The van der Waals surface area contributed by atoms with E-state index in [-0.39, 0.29) is 30.7 Å². The van der Waals surface area contributed by atoms with E-state index in [0.717, 1.165) is 12.0 Å². The molecule has 6 nitrogen and oxygen atoms in total. The van der Waals surface area contributed by atoms with Crippen molar-refractivity contribution in [2.75, 3.05) is 11.9 Å². The number of nitrogens with one attached hydrogen (secondary N) is 2. The molecule has 2 aromatic rings. The van der Waals surface area contributed by atoms with Crippen LogP contribution in [0.15, 0.2) is 48.5 Å². The summed E-state index contributed by atoms with van der Waals surface area (Å²) in [5, 5.41) is 13.9. The summed E-state index contributed by atoms with van der Waals surface area (Å²) in [6.45, 7) is 0.0771. The van der Waals surface area contributed by atoms with Crippen molar-refractivity contribution in [1.82, 2.24) is 5.32 Å². The second-order valence-electron chi connectivity index (χ2n) is 5.92. The Bertz CT molecular complexity index is 814. The summed E-state index contributed by atoms with van der Waals surface area (Å²) in [6, 6.07) is 14.4. The van der Waals surface area contributed by atoms with E-state index in [9.17, 15) is 14.4 Å². The summed E-state index contributed by atoms with van der Waals surface area (Å²) in [5.74, 6) is -1.49. The number of benzene rings is 2. The lowest BCUT2D eigenvalue weighted by Crippen LogP contribution is -2.30. The number of hydrogen-bond acceptors (Lipinski definition) is 3. The fraction of sp³-hybridized carbons (Fsp3) is 0.211. The molecule has 3 rings (SSSR count). The van der Waals surface area contributed by atoms with Crippen molar-refractivity contribution in [2.45, 2.75) is 18.8 Å². The highest BCUT2D eigenvalue weighted by Crippen LogP contribution is 2.35. The van der Waals surface area contributed by atoms with Gasteiger partial charge in [0.15, 0.2) is 0 Å². The van der Waals surface area contributed by atoms with E-state index in [1.165, 1.54) is 5.56 Å². The Balaban J connectivity index is 1.55. The number of carboxylic acid groups (broad SMARTS) is 1. The average Bonchev–Trinajstić information content (AvgIpc) is 2.56. The van der Waals surface area contributed by atoms with Gasteiger partial charge < -0.3 is 15.7 Å². The Morgan fingerprint density at radius 3 is 2.44 bits per heavy atom. The van der Waals surface area contributed by atoms with Crippen LogP contribution in [0.2, 0.25) is 0 Å². The fourth-order valence-corrected chi connectivity index (χ4v) is 2.81. The molecule has 0 radical (unpaired) electrons. The molecule has 0 aromatic heterocycles. The summed E-state index contributed by atoms with van der Waals surface area (Å²) in [7, 11) is 0. The van der Waals surface area contributed by atoms with E-state index in [1.54, 1.807) is 24.3 Å². The summed E-state index contributed by atoms with van der Waals surface area (Å²) < 4.78 is 0. The molecule has 1 aliphatic carbocycles. The lowest BCUT2D eigenvalue weighted by atomic mass is 9.77. The van der Waals surface area contributed by atoms with Gasteiger partial charge in [-0.15, -0.1) is 0 Å². The predicted octanol–water partition coefficient (Wildman–Crippen LogP) is 2.17. The Morgan fingerprint density at radius 1 is 1.04 bits per heavy atom. The molecule has 0 aliphatic heterocycles. The van der Waals surface area contributed by atoms with Crippen LogP contribution in [-0.2, 0) is 16.0 Å². The molecule has 0 fully saturated rings. The number of carbonyl (C=O) groups is 3. The third-order valence-electron chi connectivity index (χ3n) is 4.21.